The molecule has 1 aromatic heterocycles. The Kier molecular flexibility index (Phi) is 5.49. The fourth-order valence-corrected chi connectivity index (χ4v) is 2.55. The number of carbonyl (C=O) groups is 1. The highest BCUT2D eigenvalue weighted by atomic mass is 32.1. The number of aliphatic hydroxyl groups is 1. The van der Waals surface area contributed by atoms with Crippen LogP contribution in [-0.4, -0.2) is 23.7 Å². The van der Waals surface area contributed by atoms with Crippen LogP contribution in [0.4, 0.5) is 0 Å². The Bertz CT molecular complexity index is 336. The number of rotatable bonds is 6. The molecule has 0 bridgehead atoms. The van der Waals surface area contributed by atoms with E-state index in [0.717, 1.165) is 6.42 Å². The first-order valence-corrected chi connectivity index (χ1v) is 6.39. The van der Waals surface area contributed by atoms with Crippen LogP contribution in [0.25, 0.3) is 0 Å². The average molecular weight is 241 g/mol. The van der Waals surface area contributed by atoms with Gasteiger partial charge in [0.1, 0.15) is 0 Å². The van der Waals surface area contributed by atoms with E-state index >= 15 is 0 Å². The van der Waals surface area contributed by atoms with Crippen molar-refractivity contribution in [2.75, 3.05) is 6.61 Å². The molecule has 4 heteroatoms. The van der Waals surface area contributed by atoms with Crippen LogP contribution in [0.1, 0.15) is 29.5 Å². The van der Waals surface area contributed by atoms with Gasteiger partial charge in [-0.3, -0.25) is 4.79 Å². The Morgan fingerprint density at radius 3 is 2.88 bits per heavy atom. The Hall–Kier alpha value is -0.870. The van der Waals surface area contributed by atoms with Crippen molar-refractivity contribution >= 4 is 17.2 Å². The van der Waals surface area contributed by atoms with Crippen LogP contribution < -0.4 is 5.32 Å². The first-order chi connectivity index (χ1) is 7.61. The smallest absolute Gasteiger partial charge is 0.220 e. The third kappa shape index (κ3) is 4.77. The Balaban J connectivity index is 2.30. The van der Waals surface area contributed by atoms with E-state index in [4.69, 9.17) is 5.11 Å². The van der Waals surface area contributed by atoms with Crippen LogP contribution >= 0.6 is 11.3 Å². The monoisotopic (exact) mass is 241 g/mol. The van der Waals surface area contributed by atoms with E-state index in [-0.39, 0.29) is 18.6 Å². The van der Waals surface area contributed by atoms with Crippen molar-refractivity contribution in [1.29, 1.82) is 0 Å². The summed E-state index contributed by atoms with van der Waals surface area (Å²) in [7, 11) is 0. The molecular weight excluding hydrogens is 222 g/mol. The maximum atomic E-state index is 11.4. The number of carbonyl (C=O) groups excluding carboxylic acids is 1. The van der Waals surface area contributed by atoms with Crippen molar-refractivity contribution in [3.63, 3.8) is 0 Å². The third-order valence-corrected chi connectivity index (χ3v) is 3.30. The fraction of sp³-hybridized carbons (Fsp3) is 0.583. The summed E-state index contributed by atoms with van der Waals surface area (Å²) in [6, 6.07) is 4.36. The molecule has 1 heterocycles. The highest BCUT2D eigenvalue weighted by Crippen LogP contribution is 2.16. The first-order valence-electron chi connectivity index (χ1n) is 5.57. The van der Waals surface area contributed by atoms with E-state index in [0.29, 0.717) is 12.8 Å². The number of hydrogen-bond acceptors (Lipinski definition) is 3. The van der Waals surface area contributed by atoms with Crippen molar-refractivity contribution in [3.05, 3.63) is 21.9 Å². The van der Waals surface area contributed by atoms with Crippen molar-refractivity contribution in [3.8, 4) is 0 Å². The highest BCUT2D eigenvalue weighted by molar-refractivity contribution is 7.11. The quantitative estimate of drug-likeness (QED) is 0.799. The molecule has 3 nitrogen and oxygen atoms in total. The van der Waals surface area contributed by atoms with E-state index in [9.17, 15) is 4.79 Å². The number of nitrogens with one attached hydrogen (secondary N) is 1. The van der Waals surface area contributed by atoms with Crippen LogP contribution in [-0.2, 0) is 11.2 Å². The lowest BCUT2D eigenvalue weighted by atomic mass is 10.2. The zero-order chi connectivity index (χ0) is 12.0. The number of aryl methyl sites for hydroxylation is 1. The zero-order valence-electron chi connectivity index (χ0n) is 9.82. The number of hydrogen-bond donors (Lipinski definition) is 2. The lowest BCUT2D eigenvalue weighted by molar-refractivity contribution is -0.121. The van der Waals surface area contributed by atoms with Gasteiger partial charge in [-0.25, -0.2) is 0 Å². The minimum absolute atomic E-state index is 0.0230. The third-order valence-electron chi connectivity index (χ3n) is 2.27. The minimum atomic E-state index is 0.0230. The van der Waals surface area contributed by atoms with E-state index in [1.165, 1.54) is 9.75 Å². The maximum Gasteiger partial charge on any atom is 0.220 e. The predicted molar refractivity (Wildman–Crippen MR) is 66.7 cm³/mol. The minimum Gasteiger partial charge on any atom is -0.396 e. The fourth-order valence-electron chi connectivity index (χ4n) is 1.53. The highest BCUT2D eigenvalue weighted by Gasteiger charge is 2.08. The van der Waals surface area contributed by atoms with Crippen LogP contribution in [0, 0.1) is 6.92 Å². The van der Waals surface area contributed by atoms with Crippen LogP contribution in [0.3, 0.4) is 0 Å². The van der Waals surface area contributed by atoms with Gasteiger partial charge in [0.25, 0.3) is 0 Å². The number of amides is 1. The van der Waals surface area contributed by atoms with Gasteiger partial charge in [-0.1, -0.05) is 0 Å². The van der Waals surface area contributed by atoms with Crippen LogP contribution in [0.2, 0.25) is 0 Å². The molecule has 16 heavy (non-hydrogen) atoms. The number of aliphatic hydroxyl groups excluding tert-OH is 1. The van der Waals surface area contributed by atoms with Crippen molar-refractivity contribution in [2.24, 2.45) is 0 Å². The Morgan fingerprint density at radius 1 is 1.56 bits per heavy atom. The first kappa shape index (κ1) is 13.2. The molecule has 0 saturated carbocycles. The predicted octanol–water partition coefficient (Wildman–Crippen LogP) is 1.88. The van der Waals surface area contributed by atoms with E-state index in [1.54, 1.807) is 11.3 Å². The van der Waals surface area contributed by atoms with E-state index < -0.39 is 0 Å². The Morgan fingerprint density at radius 2 is 2.31 bits per heavy atom. The van der Waals surface area contributed by atoms with Gasteiger partial charge in [0.15, 0.2) is 0 Å². The van der Waals surface area contributed by atoms with Gasteiger partial charge in [-0.2, -0.15) is 0 Å². The Labute approximate surface area is 100 Å². The van der Waals surface area contributed by atoms with Crippen LogP contribution in [0.5, 0.6) is 0 Å². The normalized spacial score (nSPS) is 12.4. The summed E-state index contributed by atoms with van der Waals surface area (Å²) in [5.74, 6) is 0.0230. The molecule has 0 aliphatic carbocycles. The molecule has 1 unspecified atom stereocenters. The molecule has 0 radical (unpaired) electrons. The second kappa shape index (κ2) is 6.66. The zero-order valence-corrected chi connectivity index (χ0v) is 10.6. The topological polar surface area (TPSA) is 49.3 Å². The molecule has 0 spiro atoms. The molecule has 1 aromatic rings. The molecule has 0 fully saturated rings. The second-order valence-electron chi connectivity index (χ2n) is 4.01. The maximum absolute atomic E-state index is 11.4. The second-order valence-corrected chi connectivity index (χ2v) is 5.38. The summed E-state index contributed by atoms with van der Waals surface area (Å²) in [6.45, 7) is 4.16. The van der Waals surface area contributed by atoms with Gasteiger partial charge in [-0.05, 0) is 32.4 Å². The van der Waals surface area contributed by atoms with Crippen molar-refractivity contribution in [1.82, 2.24) is 5.32 Å². The van der Waals surface area contributed by atoms with Crippen molar-refractivity contribution < 1.29 is 9.90 Å². The molecule has 1 rings (SSSR count). The SMILES string of the molecule is Cc1ccc(CC(C)NC(=O)CCCO)s1. The molecule has 90 valence electrons. The molecule has 0 aromatic carbocycles. The summed E-state index contributed by atoms with van der Waals surface area (Å²) < 4.78 is 0. The standard InChI is InChI=1S/C12H19NO2S/c1-9(13-12(15)4-3-7-14)8-11-6-5-10(2)16-11/h5-6,9,14H,3-4,7-8H2,1-2H3,(H,13,15). The van der Waals surface area contributed by atoms with E-state index in [1.807, 2.05) is 6.92 Å². The summed E-state index contributed by atoms with van der Waals surface area (Å²) in [5.41, 5.74) is 0. The van der Waals surface area contributed by atoms with Gasteiger partial charge < -0.3 is 10.4 Å². The van der Waals surface area contributed by atoms with Crippen LogP contribution in [0.15, 0.2) is 12.1 Å². The van der Waals surface area contributed by atoms with Gasteiger partial charge in [-0.15, -0.1) is 11.3 Å². The molecule has 0 saturated heterocycles. The summed E-state index contributed by atoms with van der Waals surface area (Å²) >= 11 is 1.77. The summed E-state index contributed by atoms with van der Waals surface area (Å²) in [4.78, 5) is 14.0. The summed E-state index contributed by atoms with van der Waals surface area (Å²) in [6.07, 6.45) is 1.82. The lowest BCUT2D eigenvalue weighted by Crippen LogP contribution is -2.33. The molecule has 1 amide bonds. The summed E-state index contributed by atoms with van der Waals surface area (Å²) in [5, 5.41) is 11.5. The molecule has 1 atom stereocenters. The largest absolute Gasteiger partial charge is 0.396 e. The van der Waals surface area contributed by atoms with Gasteiger partial charge in [0.05, 0.1) is 0 Å². The molecular formula is C12H19NO2S. The van der Waals surface area contributed by atoms with Gasteiger partial charge in [0.2, 0.25) is 5.91 Å². The van der Waals surface area contributed by atoms with Gasteiger partial charge in [0, 0.05) is 35.2 Å². The number of thiophene rings is 1. The van der Waals surface area contributed by atoms with E-state index in [2.05, 4.69) is 24.4 Å². The van der Waals surface area contributed by atoms with Crippen molar-refractivity contribution in [2.45, 2.75) is 39.2 Å². The molecule has 0 aliphatic rings. The molecule has 2 N–H and O–H groups in total. The lowest BCUT2D eigenvalue weighted by Gasteiger charge is -2.12. The molecule has 0 aliphatic heterocycles. The average Bonchev–Trinajstić information content (AvgIpc) is 2.60. The van der Waals surface area contributed by atoms with Gasteiger partial charge >= 0.3 is 0 Å².